The molecule has 1 aliphatic heterocycles. The lowest BCUT2D eigenvalue weighted by Crippen LogP contribution is -1.97. The molecule has 2 N–H and O–H groups in total. The first-order chi connectivity index (χ1) is 9.56. The first-order valence-corrected chi connectivity index (χ1v) is 6.19. The van der Waals surface area contributed by atoms with Crippen molar-refractivity contribution < 1.29 is 19.7 Å². The summed E-state index contributed by atoms with van der Waals surface area (Å²) in [6, 6.07) is 9.54. The van der Waals surface area contributed by atoms with Gasteiger partial charge < -0.3 is 14.9 Å². The van der Waals surface area contributed by atoms with Crippen molar-refractivity contribution in [1.82, 2.24) is 0 Å². The van der Waals surface area contributed by atoms with E-state index in [1.807, 2.05) is 0 Å². The molecule has 2 aromatic rings. The molecule has 4 nitrogen and oxygen atoms in total. The van der Waals surface area contributed by atoms with Crippen molar-refractivity contribution >= 4 is 23.5 Å². The van der Waals surface area contributed by atoms with E-state index in [0.717, 1.165) is 5.56 Å². The molecule has 0 bridgehead atoms. The number of rotatable bonds is 1. The molecular formula is C15H9ClO4. The number of allylic oxidation sites excluding steroid dienone is 1. The molecular weight excluding hydrogens is 280 g/mol. The number of hydrogen-bond donors (Lipinski definition) is 2. The van der Waals surface area contributed by atoms with Gasteiger partial charge in [-0.15, -0.1) is 0 Å². The Hall–Kier alpha value is -2.46. The summed E-state index contributed by atoms with van der Waals surface area (Å²) in [7, 11) is 0. The average Bonchev–Trinajstić information content (AvgIpc) is 2.75. The van der Waals surface area contributed by atoms with E-state index < -0.39 is 5.75 Å². The molecule has 2 aromatic carbocycles. The predicted octanol–water partition coefficient (Wildman–Crippen LogP) is 3.37. The standard InChI is InChI=1S/C15H9ClO4/c16-9-3-1-8(2-4-9)7-12-13(18)10-5-6-11(17)14(19)15(10)20-12/h1-7,17,19H/b12-7+. The third-order valence-electron chi connectivity index (χ3n) is 2.96. The van der Waals surface area contributed by atoms with E-state index in [2.05, 4.69) is 0 Å². The van der Waals surface area contributed by atoms with E-state index in [0.29, 0.717) is 5.02 Å². The predicted molar refractivity (Wildman–Crippen MR) is 74.2 cm³/mol. The summed E-state index contributed by atoms with van der Waals surface area (Å²) in [6.07, 6.45) is 1.55. The molecule has 0 spiro atoms. The topological polar surface area (TPSA) is 66.8 Å². The molecule has 0 aliphatic carbocycles. The zero-order chi connectivity index (χ0) is 14.3. The first kappa shape index (κ1) is 12.6. The first-order valence-electron chi connectivity index (χ1n) is 5.81. The highest BCUT2D eigenvalue weighted by atomic mass is 35.5. The SMILES string of the molecule is O=C1/C(=C\c2ccc(Cl)cc2)Oc2c1ccc(O)c2O. The Morgan fingerprint density at radius 1 is 1.05 bits per heavy atom. The number of Topliss-reactive ketones (excluding diaryl/α,β-unsaturated/α-hetero) is 1. The van der Waals surface area contributed by atoms with Crippen LogP contribution in [-0.4, -0.2) is 16.0 Å². The lowest BCUT2D eigenvalue weighted by atomic mass is 10.1. The Labute approximate surface area is 119 Å². The van der Waals surface area contributed by atoms with Crippen LogP contribution in [0.15, 0.2) is 42.2 Å². The van der Waals surface area contributed by atoms with Crippen LogP contribution < -0.4 is 4.74 Å². The van der Waals surface area contributed by atoms with Crippen LogP contribution in [0.5, 0.6) is 17.2 Å². The van der Waals surface area contributed by atoms with Gasteiger partial charge in [-0.25, -0.2) is 0 Å². The van der Waals surface area contributed by atoms with Crippen LogP contribution in [0.4, 0.5) is 0 Å². The highest BCUT2D eigenvalue weighted by Gasteiger charge is 2.31. The van der Waals surface area contributed by atoms with E-state index in [1.54, 1.807) is 30.3 Å². The molecule has 0 radical (unpaired) electrons. The molecule has 3 rings (SSSR count). The van der Waals surface area contributed by atoms with Crippen molar-refractivity contribution in [1.29, 1.82) is 0 Å². The molecule has 1 aliphatic rings. The van der Waals surface area contributed by atoms with Gasteiger partial charge in [-0.3, -0.25) is 4.79 Å². The van der Waals surface area contributed by atoms with Crippen molar-refractivity contribution in [2.24, 2.45) is 0 Å². The number of carbonyl (C=O) groups excluding carboxylic acids is 1. The molecule has 0 atom stereocenters. The van der Waals surface area contributed by atoms with Gasteiger partial charge in [0.05, 0.1) is 5.56 Å². The number of phenolic OH excluding ortho intramolecular Hbond substituents is 2. The largest absolute Gasteiger partial charge is 0.504 e. The van der Waals surface area contributed by atoms with Gasteiger partial charge in [-0.05, 0) is 35.9 Å². The number of benzene rings is 2. The molecule has 0 unspecified atom stereocenters. The molecule has 100 valence electrons. The molecule has 0 amide bonds. The van der Waals surface area contributed by atoms with E-state index in [-0.39, 0.29) is 28.6 Å². The average molecular weight is 289 g/mol. The molecule has 0 aromatic heterocycles. The number of ether oxygens (including phenoxy) is 1. The number of hydrogen-bond acceptors (Lipinski definition) is 4. The second-order valence-electron chi connectivity index (χ2n) is 4.30. The normalized spacial score (nSPS) is 15.2. The van der Waals surface area contributed by atoms with Gasteiger partial charge in [0.25, 0.3) is 0 Å². The summed E-state index contributed by atoms with van der Waals surface area (Å²) in [5.41, 5.74) is 0.967. The third-order valence-corrected chi connectivity index (χ3v) is 3.21. The molecule has 0 saturated heterocycles. The van der Waals surface area contributed by atoms with Gasteiger partial charge in [-0.1, -0.05) is 23.7 Å². The van der Waals surface area contributed by atoms with Gasteiger partial charge in [0.15, 0.2) is 17.3 Å². The summed E-state index contributed by atoms with van der Waals surface area (Å²) in [4.78, 5) is 12.1. The fourth-order valence-corrected chi connectivity index (χ4v) is 2.06. The third kappa shape index (κ3) is 2.00. The van der Waals surface area contributed by atoms with Crippen molar-refractivity contribution in [3.05, 3.63) is 58.3 Å². The van der Waals surface area contributed by atoms with Gasteiger partial charge >= 0.3 is 0 Å². The zero-order valence-corrected chi connectivity index (χ0v) is 10.9. The van der Waals surface area contributed by atoms with Gasteiger partial charge in [0.2, 0.25) is 11.5 Å². The van der Waals surface area contributed by atoms with Crippen molar-refractivity contribution in [2.75, 3.05) is 0 Å². The molecule has 0 saturated carbocycles. The molecule has 5 heteroatoms. The number of carbonyl (C=O) groups is 1. The van der Waals surface area contributed by atoms with Crippen LogP contribution in [0, 0.1) is 0 Å². The van der Waals surface area contributed by atoms with Crippen LogP contribution >= 0.6 is 11.6 Å². The zero-order valence-electron chi connectivity index (χ0n) is 10.1. The van der Waals surface area contributed by atoms with Crippen molar-refractivity contribution in [2.45, 2.75) is 0 Å². The maximum absolute atomic E-state index is 12.1. The highest BCUT2D eigenvalue weighted by molar-refractivity contribution is 6.30. The van der Waals surface area contributed by atoms with E-state index >= 15 is 0 Å². The minimum Gasteiger partial charge on any atom is -0.504 e. The fraction of sp³-hybridized carbons (Fsp3) is 0. The fourth-order valence-electron chi connectivity index (χ4n) is 1.94. The second kappa shape index (κ2) is 4.58. The lowest BCUT2D eigenvalue weighted by Gasteiger charge is -2.02. The summed E-state index contributed by atoms with van der Waals surface area (Å²) in [5.74, 6) is -1.04. The number of halogens is 1. The summed E-state index contributed by atoms with van der Waals surface area (Å²) in [5, 5.41) is 19.7. The van der Waals surface area contributed by atoms with E-state index in [1.165, 1.54) is 12.1 Å². The van der Waals surface area contributed by atoms with Crippen LogP contribution in [0.3, 0.4) is 0 Å². The van der Waals surface area contributed by atoms with Crippen LogP contribution in [-0.2, 0) is 0 Å². The van der Waals surface area contributed by atoms with E-state index in [9.17, 15) is 15.0 Å². The Kier molecular flexibility index (Phi) is 2.88. The number of aromatic hydroxyl groups is 2. The highest BCUT2D eigenvalue weighted by Crippen LogP contribution is 2.44. The van der Waals surface area contributed by atoms with Gasteiger partial charge in [-0.2, -0.15) is 0 Å². The van der Waals surface area contributed by atoms with Crippen LogP contribution in [0.2, 0.25) is 5.02 Å². The van der Waals surface area contributed by atoms with Gasteiger partial charge in [0, 0.05) is 5.02 Å². The summed E-state index contributed by atoms with van der Waals surface area (Å²) < 4.78 is 5.33. The quantitative estimate of drug-likeness (QED) is 0.624. The van der Waals surface area contributed by atoms with Crippen LogP contribution in [0.25, 0.3) is 6.08 Å². The monoisotopic (exact) mass is 288 g/mol. The summed E-state index contributed by atoms with van der Waals surface area (Å²) in [6.45, 7) is 0. The Bertz CT molecular complexity index is 732. The van der Waals surface area contributed by atoms with Gasteiger partial charge in [0.1, 0.15) is 0 Å². The minimum atomic E-state index is -0.435. The number of phenols is 2. The smallest absolute Gasteiger partial charge is 0.232 e. The van der Waals surface area contributed by atoms with Crippen molar-refractivity contribution in [3.8, 4) is 17.2 Å². The van der Waals surface area contributed by atoms with Crippen LogP contribution in [0.1, 0.15) is 15.9 Å². The number of ketones is 1. The number of fused-ring (bicyclic) bond motifs is 1. The van der Waals surface area contributed by atoms with Crippen molar-refractivity contribution in [3.63, 3.8) is 0 Å². The van der Waals surface area contributed by atoms with E-state index in [4.69, 9.17) is 16.3 Å². The molecule has 1 heterocycles. The Morgan fingerprint density at radius 3 is 2.45 bits per heavy atom. The Balaban J connectivity index is 2.01. The lowest BCUT2D eigenvalue weighted by molar-refractivity contribution is 0.101. The second-order valence-corrected chi connectivity index (χ2v) is 4.74. The Morgan fingerprint density at radius 2 is 1.75 bits per heavy atom. The minimum absolute atomic E-state index is 0.0183. The summed E-state index contributed by atoms with van der Waals surface area (Å²) >= 11 is 5.79. The molecule has 20 heavy (non-hydrogen) atoms. The maximum atomic E-state index is 12.1. The maximum Gasteiger partial charge on any atom is 0.232 e. The molecule has 0 fully saturated rings.